The zero-order valence-electron chi connectivity index (χ0n) is 19.8. The van der Waals surface area contributed by atoms with Crippen LogP contribution in [0.15, 0.2) is 24.3 Å². The summed E-state index contributed by atoms with van der Waals surface area (Å²) >= 11 is 0. The lowest BCUT2D eigenvalue weighted by atomic mass is 10.0. The summed E-state index contributed by atoms with van der Waals surface area (Å²) in [5.41, 5.74) is 0.995. The molecule has 0 radical (unpaired) electrons. The van der Waals surface area contributed by atoms with Gasteiger partial charge < -0.3 is 25.4 Å². The number of rotatable bonds is 10. The smallest absolute Gasteiger partial charge is 0.408 e. The molecule has 0 aromatic heterocycles. The molecule has 2 rings (SSSR count). The third-order valence-electron chi connectivity index (χ3n) is 5.12. The Hall–Kier alpha value is -2.61. The van der Waals surface area contributed by atoms with Crippen LogP contribution in [0, 0.1) is 6.92 Å². The Morgan fingerprint density at radius 1 is 1.19 bits per heavy atom. The second-order valence-corrected chi connectivity index (χ2v) is 9.32. The monoisotopic (exact) mass is 447 g/mol. The van der Waals surface area contributed by atoms with Gasteiger partial charge in [-0.25, -0.2) is 4.79 Å². The molecule has 3 amide bonds. The van der Waals surface area contributed by atoms with Crippen molar-refractivity contribution in [2.75, 3.05) is 13.2 Å². The molecular formula is C24H37N3O5. The average Bonchev–Trinajstić information content (AvgIpc) is 3.54. The Morgan fingerprint density at radius 3 is 2.31 bits per heavy atom. The van der Waals surface area contributed by atoms with Gasteiger partial charge in [0.1, 0.15) is 17.7 Å². The van der Waals surface area contributed by atoms with Gasteiger partial charge in [-0.05, 0) is 52.5 Å². The van der Waals surface area contributed by atoms with Crippen molar-refractivity contribution >= 4 is 17.9 Å². The summed E-state index contributed by atoms with van der Waals surface area (Å²) in [5, 5.41) is 15.3. The molecule has 0 heterocycles. The van der Waals surface area contributed by atoms with E-state index in [2.05, 4.69) is 10.6 Å². The summed E-state index contributed by atoms with van der Waals surface area (Å²) < 4.78 is 5.24. The van der Waals surface area contributed by atoms with Gasteiger partial charge in [0.25, 0.3) is 0 Å². The molecule has 0 spiro atoms. The molecule has 0 bridgehead atoms. The van der Waals surface area contributed by atoms with Gasteiger partial charge in [0, 0.05) is 12.6 Å². The van der Waals surface area contributed by atoms with Crippen molar-refractivity contribution in [1.82, 2.24) is 15.5 Å². The van der Waals surface area contributed by atoms with Gasteiger partial charge in [-0.2, -0.15) is 0 Å². The molecule has 0 aliphatic heterocycles. The number of nitrogens with zero attached hydrogens (tertiary/aromatic N) is 1. The van der Waals surface area contributed by atoms with Crippen molar-refractivity contribution in [3.8, 4) is 0 Å². The number of hydrogen-bond donors (Lipinski definition) is 3. The van der Waals surface area contributed by atoms with E-state index < -0.39 is 36.3 Å². The predicted octanol–water partition coefficient (Wildman–Crippen LogP) is 2.83. The summed E-state index contributed by atoms with van der Waals surface area (Å²) in [6, 6.07) is 5.32. The molecule has 1 saturated carbocycles. The first-order valence-electron chi connectivity index (χ1n) is 11.3. The third kappa shape index (κ3) is 7.51. The topological polar surface area (TPSA) is 108 Å². The van der Waals surface area contributed by atoms with Crippen LogP contribution in [0.2, 0.25) is 0 Å². The molecule has 8 nitrogen and oxygen atoms in total. The van der Waals surface area contributed by atoms with E-state index in [1.54, 1.807) is 20.8 Å². The van der Waals surface area contributed by atoms with Gasteiger partial charge in [0.05, 0.1) is 6.61 Å². The van der Waals surface area contributed by atoms with Crippen LogP contribution in [0.25, 0.3) is 0 Å². The Morgan fingerprint density at radius 2 is 1.81 bits per heavy atom. The van der Waals surface area contributed by atoms with Crippen molar-refractivity contribution < 1.29 is 24.2 Å². The van der Waals surface area contributed by atoms with E-state index in [0.29, 0.717) is 12.1 Å². The number of unbranched alkanes of at least 4 members (excludes halogenated alkanes) is 1. The Kier molecular flexibility index (Phi) is 9.07. The Labute approximate surface area is 190 Å². The lowest BCUT2D eigenvalue weighted by Gasteiger charge is -2.34. The van der Waals surface area contributed by atoms with Crippen LogP contribution in [-0.4, -0.2) is 58.8 Å². The number of hydrogen-bond acceptors (Lipinski definition) is 5. The lowest BCUT2D eigenvalue weighted by Crippen LogP contribution is -2.55. The quantitative estimate of drug-likeness (QED) is 0.478. The van der Waals surface area contributed by atoms with Crippen molar-refractivity contribution in [2.45, 2.75) is 84.0 Å². The highest BCUT2D eigenvalue weighted by molar-refractivity contribution is 5.92. The highest BCUT2D eigenvalue weighted by atomic mass is 16.6. The van der Waals surface area contributed by atoms with Crippen LogP contribution in [0.5, 0.6) is 0 Å². The van der Waals surface area contributed by atoms with E-state index in [0.717, 1.165) is 31.2 Å². The van der Waals surface area contributed by atoms with E-state index >= 15 is 0 Å². The molecule has 1 aliphatic carbocycles. The maximum atomic E-state index is 13.5. The van der Waals surface area contributed by atoms with Crippen LogP contribution in [0.3, 0.4) is 0 Å². The minimum atomic E-state index is -1.21. The standard InChI is InChI=1S/C24H37N3O5/c1-6-7-14-25-21(29)20(17-10-8-16(2)9-11-17)27(18-12-13-18)22(30)19(15-28)26-23(31)32-24(3,4)5/h8-11,18-20,28H,6-7,12-15H2,1-5H3,(H,25,29)(H,26,31). The normalized spacial score (nSPS) is 15.4. The SMILES string of the molecule is CCCCNC(=O)C(c1ccc(C)cc1)N(C(=O)C(CO)NC(=O)OC(C)(C)C)C1CC1. The zero-order valence-corrected chi connectivity index (χ0v) is 19.8. The van der Waals surface area contributed by atoms with Crippen LogP contribution < -0.4 is 10.6 Å². The van der Waals surface area contributed by atoms with Gasteiger partial charge in [-0.3, -0.25) is 9.59 Å². The van der Waals surface area contributed by atoms with Crippen LogP contribution in [-0.2, 0) is 14.3 Å². The second-order valence-electron chi connectivity index (χ2n) is 9.32. The number of alkyl carbamates (subject to hydrolysis) is 1. The highest BCUT2D eigenvalue weighted by Crippen LogP contribution is 2.35. The number of aliphatic hydroxyl groups is 1. The highest BCUT2D eigenvalue weighted by Gasteiger charge is 2.43. The molecule has 178 valence electrons. The van der Waals surface area contributed by atoms with Crippen molar-refractivity contribution in [3.05, 3.63) is 35.4 Å². The first kappa shape index (κ1) is 25.6. The third-order valence-corrected chi connectivity index (χ3v) is 5.12. The minimum Gasteiger partial charge on any atom is -0.444 e. The fourth-order valence-electron chi connectivity index (χ4n) is 3.36. The molecule has 3 N–H and O–H groups in total. The maximum Gasteiger partial charge on any atom is 0.408 e. The number of aliphatic hydroxyl groups excluding tert-OH is 1. The minimum absolute atomic E-state index is 0.125. The first-order valence-corrected chi connectivity index (χ1v) is 11.3. The van der Waals surface area contributed by atoms with Crippen molar-refractivity contribution in [2.24, 2.45) is 0 Å². The second kappa shape index (κ2) is 11.3. The molecule has 8 heteroatoms. The summed E-state index contributed by atoms with van der Waals surface area (Å²) in [7, 11) is 0. The number of benzene rings is 1. The zero-order chi connectivity index (χ0) is 23.9. The lowest BCUT2D eigenvalue weighted by molar-refractivity contribution is -0.144. The Bertz CT molecular complexity index is 784. The van der Waals surface area contributed by atoms with E-state index in [9.17, 15) is 19.5 Å². The molecule has 2 atom stereocenters. The van der Waals surface area contributed by atoms with E-state index in [4.69, 9.17) is 4.74 Å². The molecule has 1 fully saturated rings. The molecule has 32 heavy (non-hydrogen) atoms. The number of carbonyl (C=O) groups excluding carboxylic acids is 3. The van der Waals surface area contributed by atoms with Crippen molar-refractivity contribution in [3.63, 3.8) is 0 Å². The molecule has 1 aliphatic rings. The predicted molar refractivity (Wildman–Crippen MR) is 122 cm³/mol. The number of carbonyl (C=O) groups is 3. The van der Waals surface area contributed by atoms with Gasteiger partial charge >= 0.3 is 6.09 Å². The molecule has 1 aromatic carbocycles. The Balaban J connectivity index is 2.31. The van der Waals surface area contributed by atoms with Crippen LogP contribution in [0.1, 0.15) is 70.5 Å². The van der Waals surface area contributed by atoms with E-state index in [-0.39, 0.29) is 11.9 Å². The van der Waals surface area contributed by atoms with E-state index in [1.807, 2.05) is 38.1 Å². The first-order chi connectivity index (χ1) is 15.1. The fraction of sp³-hybridized carbons (Fsp3) is 0.625. The largest absolute Gasteiger partial charge is 0.444 e. The van der Waals surface area contributed by atoms with Crippen LogP contribution >= 0.6 is 0 Å². The van der Waals surface area contributed by atoms with E-state index in [1.165, 1.54) is 4.90 Å². The summed E-state index contributed by atoms with van der Waals surface area (Å²) in [5.74, 6) is -0.770. The maximum absolute atomic E-state index is 13.5. The average molecular weight is 448 g/mol. The van der Waals surface area contributed by atoms with Crippen molar-refractivity contribution in [1.29, 1.82) is 0 Å². The van der Waals surface area contributed by atoms with Crippen LogP contribution in [0.4, 0.5) is 4.79 Å². The summed E-state index contributed by atoms with van der Waals surface area (Å²) in [6.07, 6.45) is 2.51. The molecule has 0 saturated heterocycles. The number of nitrogens with one attached hydrogen (secondary N) is 2. The fourth-order valence-corrected chi connectivity index (χ4v) is 3.36. The molecule has 2 unspecified atom stereocenters. The van der Waals surface area contributed by atoms with Gasteiger partial charge in [-0.15, -0.1) is 0 Å². The number of amides is 3. The summed E-state index contributed by atoms with van der Waals surface area (Å²) in [6.45, 7) is 9.06. The summed E-state index contributed by atoms with van der Waals surface area (Å²) in [4.78, 5) is 40.5. The van der Waals surface area contributed by atoms with Gasteiger partial charge in [-0.1, -0.05) is 43.2 Å². The van der Waals surface area contributed by atoms with Gasteiger partial charge in [0.15, 0.2) is 0 Å². The van der Waals surface area contributed by atoms with Gasteiger partial charge in [0.2, 0.25) is 11.8 Å². The molecular weight excluding hydrogens is 410 g/mol. The number of ether oxygens (including phenoxy) is 1. The number of aryl methyl sites for hydroxylation is 1. The molecule has 1 aromatic rings.